The molecule has 0 radical (unpaired) electrons. The summed E-state index contributed by atoms with van der Waals surface area (Å²) in [6.45, 7) is 0. The monoisotopic (exact) mass is 279 g/mol. The molecule has 0 aliphatic heterocycles. The summed E-state index contributed by atoms with van der Waals surface area (Å²) in [6, 6.07) is 3.90. The molecule has 1 aromatic carbocycles. The molecule has 1 atom stereocenters. The molecule has 0 saturated carbocycles. The molecule has 6 N–H and O–H groups in total. The number of amides is 3. The van der Waals surface area contributed by atoms with Gasteiger partial charge in [0, 0.05) is 11.1 Å². The highest BCUT2D eigenvalue weighted by Crippen LogP contribution is 2.05. The lowest BCUT2D eigenvalue weighted by atomic mass is 10.1. The number of nitrogens with one attached hydrogen (secondary N) is 1. The summed E-state index contributed by atoms with van der Waals surface area (Å²) >= 11 is 0. The highest BCUT2D eigenvalue weighted by Gasteiger charge is 2.22. The molecule has 0 fully saturated rings. The molecule has 1 rings (SSSR count). The molecule has 0 spiro atoms. The van der Waals surface area contributed by atoms with Gasteiger partial charge in [-0.3, -0.25) is 14.4 Å². The van der Waals surface area contributed by atoms with Gasteiger partial charge in [0.05, 0.1) is 6.42 Å². The Hall–Kier alpha value is -2.90. The van der Waals surface area contributed by atoms with Gasteiger partial charge in [-0.05, 0) is 24.3 Å². The first-order valence-corrected chi connectivity index (χ1v) is 5.53. The Morgan fingerprint density at radius 2 is 1.55 bits per heavy atom. The zero-order valence-corrected chi connectivity index (χ0v) is 10.3. The number of aliphatic carboxylic acids is 1. The van der Waals surface area contributed by atoms with Crippen LogP contribution in [0.2, 0.25) is 0 Å². The Morgan fingerprint density at radius 3 is 1.95 bits per heavy atom. The lowest BCUT2D eigenvalue weighted by Gasteiger charge is -2.12. The largest absolute Gasteiger partial charge is 0.480 e. The number of carbonyl (C=O) groups excluding carboxylic acids is 3. The van der Waals surface area contributed by atoms with Gasteiger partial charge in [-0.15, -0.1) is 0 Å². The molecule has 0 unspecified atom stereocenters. The van der Waals surface area contributed by atoms with Crippen molar-refractivity contribution < 1.29 is 24.3 Å². The molecule has 8 nitrogen and oxygen atoms in total. The Morgan fingerprint density at radius 1 is 1.05 bits per heavy atom. The van der Waals surface area contributed by atoms with Crippen LogP contribution in [-0.2, 0) is 9.59 Å². The SMILES string of the molecule is NC(=O)C[C@@H](NC(=O)c1ccc(C(N)=O)cc1)C(=O)O. The van der Waals surface area contributed by atoms with Gasteiger partial charge in [0.2, 0.25) is 11.8 Å². The highest BCUT2D eigenvalue weighted by molar-refractivity contribution is 5.99. The maximum Gasteiger partial charge on any atom is 0.326 e. The van der Waals surface area contributed by atoms with E-state index in [1.165, 1.54) is 24.3 Å². The van der Waals surface area contributed by atoms with E-state index in [0.717, 1.165) is 0 Å². The lowest BCUT2D eigenvalue weighted by Crippen LogP contribution is -2.43. The van der Waals surface area contributed by atoms with Crippen LogP contribution in [0.15, 0.2) is 24.3 Å². The number of rotatable bonds is 6. The summed E-state index contributed by atoms with van der Waals surface area (Å²) in [6.07, 6.45) is -0.513. The molecule has 0 aliphatic rings. The van der Waals surface area contributed by atoms with E-state index in [1.807, 2.05) is 0 Å². The van der Waals surface area contributed by atoms with Gasteiger partial charge in [0.25, 0.3) is 5.91 Å². The number of carbonyl (C=O) groups is 4. The first-order chi connectivity index (χ1) is 9.31. The van der Waals surface area contributed by atoms with E-state index in [-0.39, 0.29) is 11.1 Å². The lowest BCUT2D eigenvalue weighted by molar-refractivity contribution is -0.140. The molecular weight excluding hydrogens is 266 g/mol. The summed E-state index contributed by atoms with van der Waals surface area (Å²) in [4.78, 5) is 44.2. The minimum Gasteiger partial charge on any atom is -0.480 e. The van der Waals surface area contributed by atoms with Gasteiger partial charge in [0.15, 0.2) is 0 Å². The zero-order valence-electron chi connectivity index (χ0n) is 10.3. The van der Waals surface area contributed by atoms with E-state index in [4.69, 9.17) is 16.6 Å². The van der Waals surface area contributed by atoms with Crippen molar-refractivity contribution in [2.24, 2.45) is 11.5 Å². The number of benzene rings is 1. The van der Waals surface area contributed by atoms with Crippen LogP contribution in [0.4, 0.5) is 0 Å². The number of hydrogen-bond acceptors (Lipinski definition) is 4. The second-order valence-corrected chi connectivity index (χ2v) is 3.98. The predicted molar refractivity (Wildman–Crippen MR) is 67.7 cm³/mol. The fourth-order valence-corrected chi connectivity index (χ4v) is 1.43. The number of primary amides is 2. The molecule has 8 heteroatoms. The smallest absolute Gasteiger partial charge is 0.326 e. The van der Waals surface area contributed by atoms with Crippen LogP contribution in [0.25, 0.3) is 0 Å². The van der Waals surface area contributed by atoms with Gasteiger partial charge in [-0.25, -0.2) is 4.79 Å². The number of nitrogens with two attached hydrogens (primary N) is 2. The molecule has 0 saturated heterocycles. The summed E-state index contributed by atoms with van der Waals surface area (Å²) in [5.41, 5.74) is 10.3. The zero-order chi connectivity index (χ0) is 15.3. The van der Waals surface area contributed by atoms with E-state index in [0.29, 0.717) is 0 Å². The number of carboxylic acid groups (broad SMARTS) is 1. The van der Waals surface area contributed by atoms with Gasteiger partial charge in [-0.1, -0.05) is 0 Å². The predicted octanol–water partition coefficient (Wildman–Crippen LogP) is -1.16. The fraction of sp³-hybridized carbons (Fsp3) is 0.167. The van der Waals surface area contributed by atoms with Crippen LogP contribution in [0, 0.1) is 0 Å². The topological polar surface area (TPSA) is 153 Å². The molecule has 1 aromatic rings. The molecule has 106 valence electrons. The summed E-state index contributed by atoms with van der Waals surface area (Å²) < 4.78 is 0. The van der Waals surface area contributed by atoms with Crippen LogP contribution in [-0.4, -0.2) is 34.8 Å². The van der Waals surface area contributed by atoms with Crippen molar-refractivity contribution in [3.05, 3.63) is 35.4 Å². The van der Waals surface area contributed by atoms with E-state index in [9.17, 15) is 19.2 Å². The van der Waals surface area contributed by atoms with Crippen LogP contribution >= 0.6 is 0 Å². The van der Waals surface area contributed by atoms with Crippen molar-refractivity contribution >= 4 is 23.7 Å². The van der Waals surface area contributed by atoms with Crippen LogP contribution in [0.5, 0.6) is 0 Å². The van der Waals surface area contributed by atoms with Crippen LogP contribution in [0.1, 0.15) is 27.1 Å². The molecule has 0 aromatic heterocycles. The van der Waals surface area contributed by atoms with Crippen molar-refractivity contribution in [1.29, 1.82) is 0 Å². The van der Waals surface area contributed by atoms with Gasteiger partial charge in [0.1, 0.15) is 6.04 Å². The molecule has 0 heterocycles. The number of carboxylic acids is 1. The first kappa shape index (κ1) is 15.2. The van der Waals surface area contributed by atoms with Crippen molar-refractivity contribution in [1.82, 2.24) is 5.32 Å². The average molecular weight is 279 g/mol. The first-order valence-electron chi connectivity index (χ1n) is 5.53. The second kappa shape index (κ2) is 6.32. The second-order valence-electron chi connectivity index (χ2n) is 3.98. The summed E-state index contributed by atoms with van der Waals surface area (Å²) in [7, 11) is 0. The highest BCUT2D eigenvalue weighted by atomic mass is 16.4. The molecule has 20 heavy (non-hydrogen) atoms. The maximum atomic E-state index is 11.8. The molecular formula is C12H13N3O5. The van der Waals surface area contributed by atoms with E-state index in [1.54, 1.807) is 0 Å². The van der Waals surface area contributed by atoms with Crippen molar-refractivity contribution in [2.45, 2.75) is 12.5 Å². The standard InChI is InChI=1S/C12H13N3O5/c13-9(16)5-8(12(19)20)15-11(18)7-3-1-6(2-4-7)10(14)17/h1-4,8H,5H2,(H2,13,16)(H2,14,17)(H,15,18)(H,19,20)/t8-/m1/s1. The summed E-state index contributed by atoms with van der Waals surface area (Å²) in [5, 5.41) is 11.0. The van der Waals surface area contributed by atoms with Crippen LogP contribution in [0.3, 0.4) is 0 Å². The molecule has 0 aliphatic carbocycles. The third-order valence-electron chi connectivity index (χ3n) is 2.44. The Labute approximate surface area is 113 Å². The fourth-order valence-electron chi connectivity index (χ4n) is 1.43. The summed E-state index contributed by atoms with van der Waals surface area (Å²) in [5.74, 6) is -3.56. The quantitative estimate of drug-likeness (QED) is 0.517. The van der Waals surface area contributed by atoms with E-state index < -0.39 is 36.2 Å². The Bertz CT molecular complexity index is 553. The number of hydrogen-bond donors (Lipinski definition) is 4. The van der Waals surface area contributed by atoms with Crippen molar-refractivity contribution in [2.75, 3.05) is 0 Å². The Balaban J connectivity index is 2.80. The average Bonchev–Trinajstić information content (AvgIpc) is 2.37. The molecule has 3 amide bonds. The minimum absolute atomic E-state index is 0.130. The van der Waals surface area contributed by atoms with Gasteiger partial charge < -0.3 is 21.9 Å². The van der Waals surface area contributed by atoms with Gasteiger partial charge >= 0.3 is 5.97 Å². The van der Waals surface area contributed by atoms with E-state index in [2.05, 4.69) is 5.32 Å². The normalized spacial score (nSPS) is 11.4. The van der Waals surface area contributed by atoms with Crippen LogP contribution < -0.4 is 16.8 Å². The van der Waals surface area contributed by atoms with E-state index >= 15 is 0 Å². The van der Waals surface area contributed by atoms with Crippen molar-refractivity contribution in [3.8, 4) is 0 Å². The van der Waals surface area contributed by atoms with Gasteiger partial charge in [-0.2, -0.15) is 0 Å². The Kier molecular flexibility index (Phi) is 4.79. The third-order valence-corrected chi connectivity index (χ3v) is 2.44. The minimum atomic E-state index is -1.41. The molecule has 0 bridgehead atoms. The maximum absolute atomic E-state index is 11.8. The van der Waals surface area contributed by atoms with Crippen molar-refractivity contribution in [3.63, 3.8) is 0 Å². The third kappa shape index (κ3) is 4.09.